The topological polar surface area (TPSA) is 154 Å². The van der Waals surface area contributed by atoms with Crippen molar-refractivity contribution in [3.05, 3.63) is 32.6 Å². The molecule has 0 aromatic carbocycles. The van der Waals surface area contributed by atoms with Gasteiger partial charge in [0.05, 0.1) is 13.5 Å². The number of aliphatic hydroxyl groups is 1. The molecular formula is C16H20N2O9. The maximum atomic E-state index is 12.1. The molecule has 1 aromatic rings. The number of rotatable bonds is 6. The van der Waals surface area contributed by atoms with Crippen molar-refractivity contribution >= 4 is 17.7 Å². The Morgan fingerprint density at radius 2 is 2.04 bits per heavy atom. The van der Waals surface area contributed by atoms with Gasteiger partial charge in [0.15, 0.2) is 11.4 Å². The van der Waals surface area contributed by atoms with Crippen LogP contribution < -0.4 is 11.2 Å². The fraction of sp³-hybridized carbons (Fsp3) is 0.562. The van der Waals surface area contributed by atoms with Gasteiger partial charge in [-0.15, -0.1) is 0 Å². The summed E-state index contributed by atoms with van der Waals surface area (Å²) in [5, 5.41) is 10.6. The minimum absolute atomic E-state index is 0.0557. The number of nitrogens with zero attached hydrogens (tertiary/aromatic N) is 1. The predicted molar refractivity (Wildman–Crippen MR) is 87.8 cm³/mol. The van der Waals surface area contributed by atoms with Gasteiger partial charge in [0.1, 0.15) is 18.9 Å². The van der Waals surface area contributed by atoms with E-state index in [1.54, 1.807) is 0 Å². The predicted octanol–water partition coefficient (Wildman–Crippen LogP) is -1.58. The van der Waals surface area contributed by atoms with Crippen molar-refractivity contribution in [1.82, 2.24) is 9.55 Å². The van der Waals surface area contributed by atoms with Gasteiger partial charge in [-0.1, -0.05) is 0 Å². The summed E-state index contributed by atoms with van der Waals surface area (Å²) in [6.45, 7) is 1.91. The Labute approximate surface area is 152 Å². The second-order valence-corrected chi connectivity index (χ2v) is 6.14. The fourth-order valence-electron chi connectivity index (χ4n) is 2.75. The number of nitrogens with one attached hydrogen (secondary N) is 1. The average Bonchev–Trinajstić information content (AvgIpc) is 2.93. The monoisotopic (exact) mass is 384 g/mol. The van der Waals surface area contributed by atoms with E-state index in [0.29, 0.717) is 0 Å². The van der Waals surface area contributed by atoms with Crippen LogP contribution in [0.4, 0.5) is 0 Å². The Balaban J connectivity index is 2.37. The normalized spacial score (nSPS) is 24.4. The zero-order valence-electron chi connectivity index (χ0n) is 15.0. The number of ketones is 1. The number of methoxy groups -OCH3 is 1. The van der Waals surface area contributed by atoms with E-state index in [1.165, 1.54) is 0 Å². The highest BCUT2D eigenvalue weighted by molar-refractivity contribution is 5.85. The van der Waals surface area contributed by atoms with Gasteiger partial charge in [0.2, 0.25) is 0 Å². The Morgan fingerprint density at radius 3 is 2.59 bits per heavy atom. The maximum Gasteiger partial charge on any atom is 0.330 e. The number of carbonyl (C=O) groups is 3. The number of H-pyrrole nitrogens is 1. The number of aromatic nitrogens is 2. The highest BCUT2D eigenvalue weighted by Gasteiger charge is 2.52. The number of hydrogen-bond acceptors (Lipinski definition) is 9. The molecule has 1 fully saturated rings. The standard InChI is InChI=1S/C16H20N2O9/c1-8(19)16(24)5-12(27-11(16)7-26-9(2)20)18-6-10(4-13(21)25-3)14(22)17-15(18)23/h6,11-12,24H,4-5,7H2,1-3H3,(H,17,22,23)/t11-,12-,16-/m1/s1. The molecule has 2 N–H and O–H groups in total. The van der Waals surface area contributed by atoms with E-state index in [2.05, 4.69) is 4.74 Å². The van der Waals surface area contributed by atoms with Crippen LogP contribution in [0.1, 0.15) is 32.1 Å². The van der Waals surface area contributed by atoms with Crippen molar-refractivity contribution < 1.29 is 33.7 Å². The van der Waals surface area contributed by atoms with Crippen LogP contribution in [-0.4, -0.2) is 57.8 Å². The van der Waals surface area contributed by atoms with Gasteiger partial charge in [-0.25, -0.2) is 4.79 Å². The van der Waals surface area contributed by atoms with Gasteiger partial charge in [-0.2, -0.15) is 0 Å². The summed E-state index contributed by atoms with van der Waals surface area (Å²) in [7, 11) is 1.15. The van der Waals surface area contributed by atoms with Crippen LogP contribution in [0.15, 0.2) is 15.8 Å². The quantitative estimate of drug-likeness (QED) is 0.553. The highest BCUT2D eigenvalue weighted by atomic mass is 16.6. The summed E-state index contributed by atoms with van der Waals surface area (Å²) in [5.74, 6) is -1.95. The Morgan fingerprint density at radius 1 is 1.37 bits per heavy atom. The van der Waals surface area contributed by atoms with E-state index in [9.17, 15) is 29.1 Å². The van der Waals surface area contributed by atoms with Gasteiger partial charge in [-0.05, 0) is 6.92 Å². The molecule has 3 atom stereocenters. The van der Waals surface area contributed by atoms with Crippen LogP contribution in [0, 0.1) is 0 Å². The molecule has 148 valence electrons. The molecule has 0 unspecified atom stereocenters. The highest BCUT2D eigenvalue weighted by Crippen LogP contribution is 2.37. The molecule has 1 aromatic heterocycles. The molecule has 0 aliphatic carbocycles. The number of hydrogen-bond donors (Lipinski definition) is 2. The molecule has 1 saturated heterocycles. The van der Waals surface area contributed by atoms with Crippen LogP contribution in [0.2, 0.25) is 0 Å². The second-order valence-electron chi connectivity index (χ2n) is 6.14. The van der Waals surface area contributed by atoms with Crippen LogP contribution in [0.25, 0.3) is 0 Å². The number of ether oxygens (including phenoxy) is 3. The molecule has 0 bridgehead atoms. The van der Waals surface area contributed by atoms with Gasteiger partial charge in [-0.3, -0.25) is 28.7 Å². The van der Waals surface area contributed by atoms with Gasteiger partial charge in [0.25, 0.3) is 5.56 Å². The maximum absolute atomic E-state index is 12.1. The zero-order chi connectivity index (χ0) is 20.4. The lowest BCUT2D eigenvalue weighted by molar-refractivity contribution is -0.157. The molecule has 11 nitrogen and oxygen atoms in total. The number of esters is 2. The van der Waals surface area contributed by atoms with Crippen molar-refractivity contribution in [3.63, 3.8) is 0 Å². The lowest BCUT2D eigenvalue weighted by atomic mass is 9.91. The zero-order valence-corrected chi connectivity index (χ0v) is 15.0. The van der Waals surface area contributed by atoms with Crippen LogP contribution in [-0.2, 0) is 35.0 Å². The van der Waals surface area contributed by atoms with Crippen molar-refractivity contribution in [2.75, 3.05) is 13.7 Å². The average molecular weight is 384 g/mol. The Hall–Kier alpha value is -2.79. The number of aromatic amines is 1. The molecule has 0 spiro atoms. The van der Waals surface area contributed by atoms with Crippen LogP contribution in [0.5, 0.6) is 0 Å². The van der Waals surface area contributed by atoms with E-state index in [-0.39, 0.29) is 18.4 Å². The molecular weight excluding hydrogens is 364 g/mol. The summed E-state index contributed by atoms with van der Waals surface area (Å²) in [5.41, 5.74) is -3.66. The van der Waals surface area contributed by atoms with E-state index >= 15 is 0 Å². The van der Waals surface area contributed by atoms with Gasteiger partial charge < -0.3 is 19.3 Å². The summed E-state index contributed by atoms with van der Waals surface area (Å²) in [6, 6.07) is 0. The summed E-state index contributed by atoms with van der Waals surface area (Å²) in [4.78, 5) is 60.4. The number of carbonyl (C=O) groups excluding carboxylic acids is 3. The van der Waals surface area contributed by atoms with Crippen molar-refractivity contribution in [1.29, 1.82) is 0 Å². The molecule has 0 amide bonds. The number of Topliss-reactive ketones (excluding diaryl/α,β-unsaturated/α-hetero) is 1. The van der Waals surface area contributed by atoms with Crippen LogP contribution >= 0.6 is 0 Å². The van der Waals surface area contributed by atoms with Crippen molar-refractivity contribution in [2.45, 2.75) is 44.6 Å². The Kier molecular flexibility index (Phi) is 5.96. The van der Waals surface area contributed by atoms with E-state index in [0.717, 1.165) is 31.7 Å². The third kappa shape index (κ3) is 4.31. The summed E-state index contributed by atoms with van der Waals surface area (Å²) >= 11 is 0. The third-order valence-corrected chi connectivity index (χ3v) is 4.30. The summed E-state index contributed by atoms with van der Waals surface area (Å²) < 4.78 is 15.8. The molecule has 1 aliphatic heterocycles. The third-order valence-electron chi connectivity index (χ3n) is 4.30. The lowest BCUT2D eigenvalue weighted by Gasteiger charge is -2.24. The molecule has 2 heterocycles. The lowest BCUT2D eigenvalue weighted by Crippen LogP contribution is -2.47. The molecule has 0 saturated carbocycles. The van der Waals surface area contributed by atoms with Gasteiger partial charge in [0, 0.05) is 25.1 Å². The molecule has 27 heavy (non-hydrogen) atoms. The van der Waals surface area contributed by atoms with E-state index in [4.69, 9.17) is 9.47 Å². The first-order valence-electron chi connectivity index (χ1n) is 8.02. The summed E-state index contributed by atoms with van der Waals surface area (Å²) in [6.07, 6.45) is -1.91. The molecule has 11 heteroatoms. The van der Waals surface area contributed by atoms with Crippen molar-refractivity contribution in [2.24, 2.45) is 0 Å². The molecule has 1 aliphatic rings. The first-order valence-corrected chi connectivity index (χ1v) is 8.02. The largest absolute Gasteiger partial charge is 0.469 e. The van der Waals surface area contributed by atoms with Crippen LogP contribution in [0.3, 0.4) is 0 Å². The first kappa shape index (κ1) is 20.5. The molecule has 0 radical (unpaired) electrons. The van der Waals surface area contributed by atoms with E-state index in [1.807, 2.05) is 4.98 Å². The smallest absolute Gasteiger partial charge is 0.330 e. The minimum atomic E-state index is -1.99. The Bertz CT molecular complexity index is 871. The SMILES string of the molecule is COC(=O)Cc1cn([C@H]2C[C@@](O)(C(C)=O)[C@@H](COC(C)=O)O2)c(=O)[nH]c1=O. The first-order chi connectivity index (χ1) is 12.6. The van der Waals surface area contributed by atoms with E-state index < -0.39 is 53.5 Å². The van der Waals surface area contributed by atoms with Crippen molar-refractivity contribution in [3.8, 4) is 0 Å². The minimum Gasteiger partial charge on any atom is -0.469 e. The second kappa shape index (κ2) is 7.84. The molecule has 2 rings (SSSR count). The van der Waals surface area contributed by atoms with Gasteiger partial charge >= 0.3 is 17.6 Å². The fourth-order valence-corrected chi connectivity index (χ4v) is 2.75.